The SMILES string of the molecule is COc1cc(NC(=O)C=Cc2ccc(Cl)cc2Cl)c(OC)cc1Cl. The van der Waals surface area contributed by atoms with E-state index >= 15 is 0 Å². The lowest BCUT2D eigenvalue weighted by atomic mass is 10.2. The molecular weight excluding hydrogens is 373 g/mol. The molecule has 0 aromatic heterocycles. The first-order chi connectivity index (χ1) is 11.4. The number of nitrogens with one attached hydrogen (secondary N) is 1. The second-order valence-corrected chi connectivity index (χ2v) is 5.93. The van der Waals surface area contributed by atoms with Gasteiger partial charge < -0.3 is 14.8 Å². The van der Waals surface area contributed by atoms with Crippen molar-refractivity contribution in [2.75, 3.05) is 19.5 Å². The third-order valence-corrected chi connectivity index (χ3v) is 3.97. The van der Waals surface area contributed by atoms with Gasteiger partial charge in [0.1, 0.15) is 11.5 Å². The van der Waals surface area contributed by atoms with Gasteiger partial charge in [0.25, 0.3) is 0 Å². The second kappa shape index (κ2) is 8.29. The smallest absolute Gasteiger partial charge is 0.248 e. The molecule has 4 nitrogen and oxygen atoms in total. The molecule has 24 heavy (non-hydrogen) atoms. The minimum atomic E-state index is -0.358. The maximum absolute atomic E-state index is 12.1. The number of benzene rings is 2. The molecule has 0 aliphatic carbocycles. The van der Waals surface area contributed by atoms with Crippen LogP contribution in [0.25, 0.3) is 6.08 Å². The Morgan fingerprint density at radius 2 is 1.71 bits per heavy atom. The largest absolute Gasteiger partial charge is 0.495 e. The predicted molar refractivity (Wildman–Crippen MR) is 98.7 cm³/mol. The van der Waals surface area contributed by atoms with E-state index < -0.39 is 0 Å². The molecule has 2 aromatic rings. The molecule has 0 heterocycles. The van der Waals surface area contributed by atoms with E-state index in [2.05, 4.69) is 5.32 Å². The molecule has 1 N–H and O–H groups in total. The Hall–Kier alpha value is -1.88. The number of rotatable bonds is 5. The molecule has 0 fully saturated rings. The van der Waals surface area contributed by atoms with Gasteiger partial charge >= 0.3 is 0 Å². The van der Waals surface area contributed by atoms with Crippen LogP contribution in [0.2, 0.25) is 15.1 Å². The Morgan fingerprint density at radius 1 is 1.00 bits per heavy atom. The predicted octanol–water partition coefficient (Wildman–Crippen LogP) is 5.32. The highest BCUT2D eigenvalue weighted by Gasteiger charge is 2.11. The van der Waals surface area contributed by atoms with Crippen molar-refractivity contribution in [1.29, 1.82) is 0 Å². The molecule has 2 aromatic carbocycles. The first-order valence-corrected chi connectivity index (χ1v) is 7.93. The summed E-state index contributed by atoms with van der Waals surface area (Å²) >= 11 is 17.9. The number of carbonyl (C=O) groups excluding carboxylic acids is 1. The molecule has 1 amide bonds. The Labute approximate surface area is 154 Å². The van der Waals surface area contributed by atoms with Gasteiger partial charge in [-0.25, -0.2) is 0 Å². The number of ether oxygens (including phenoxy) is 2. The number of amides is 1. The van der Waals surface area contributed by atoms with E-state index in [0.717, 1.165) is 0 Å². The van der Waals surface area contributed by atoms with Crippen molar-refractivity contribution in [2.24, 2.45) is 0 Å². The van der Waals surface area contributed by atoms with E-state index in [4.69, 9.17) is 44.3 Å². The van der Waals surface area contributed by atoms with Crippen LogP contribution in [0.15, 0.2) is 36.4 Å². The van der Waals surface area contributed by atoms with Crippen molar-refractivity contribution < 1.29 is 14.3 Å². The van der Waals surface area contributed by atoms with Gasteiger partial charge in [-0.1, -0.05) is 40.9 Å². The molecule has 0 saturated heterocycles. The van der Waals surface area contributed by atoms with Gasteiger partial charge in [-0.15, -0.1) is 0 Å². The summed E-state index contributed by atoms with van der Waals surface area (Å²) in [5, 5.41) is 4.07. The van der Waals surface area contributed by atoms with Crippen LogP contribution in [-0.2, 0) is 4.79 Å². The highest BCUT2D eigenvalue weighted by Crippen LogP contribution is 2.35. The maximum atomic E-state index is 12.1. The summed E-state index contributed by atoms with van der Waals surface area (Å²) in [5.41, 5.74) is 1.12. The second-order valence-electron chi connectivity index (χ2n) is 4.68. The summed E-state index contributed by atoms with van der Waals surface area (Å²) in [6.07, 6.45) is 2.95. The average Bonchev–Trinajstić information content (AvgIpc) is 2.55. The van der Waals surface area contributed by atoms with Gasteiger partial charge in [0.2, 0.25) is 5.91 Å². The molecule has 0 atom stereocenters. The van der Waals surface area contributed by atoms with Crippen LogP contribution in [0.1, 0.15) is 5.56 Å². The van der Waals surface area contributed by atoms with E-state index in [1.165, 1.54) is 20.3 Å². The molecule has 0 bridgehead atoms. The fourth-order valence-corrected chi connectivity index (χ4v) is 2.64. The van der Waals surface area contributed by atoms with Crippen molar-refractivity contribution >= 4 is 52.5 Å². The van der Waals surface area contributed by atoms with Crippen LogP contribution in [-0.4, -0.2) is 20.1 Å². The summed E-state index contributed by atoms with van der Waals surface area (Å²) < 4.78 is 10.3. The molecular formula is C17H14Cl3NO3. The fraction of sp³-hybridized carbons (Fsp3) is 0.118. The van der Waals surface area contributed by atoms with Gasteiger partial charge in [0.15, 0.2) is 0 Å². The third kappa shape index (κ3) is 4.57. The van der Waals surface area contributed by atoms with Crippen molar-refractivity contribution in [3.05, 3.63) is 57.0 Å². The number of methoxy groups -OCH3 is 2. The van der Waals surface area contributed by atoms with E-state index in [0.29, 0.717) is 37.8 Å². The summed E-state index contributed by atoms with van der Waals surface area (Å²) in [5.74, 6) is 0.494. The Morgan fingerprint density at radius 3 is 2.33 bits per heavy atom. The summed E-state index contributed by atoms with van der Waals surface area (Å²) in [4.78, 5) is 12.1. The zero-order chi connectivity index (χ0) is 17.7. The van der Waals surface area contributed by atoms with E-state index in [-0.39, 0.29) is 5.91 Å². The maximum Gasteiger partial charge on any atom is 0.248 e. The highest BCUT2D eigenvalue weighted by atomic mass is 35.5. The standard InChI is InChI=1S/C17H14Cl3NO3/c1-23-15-9-14(16(24-2)8-13(15)20)21-17(22)6-4-10-3-5-11(18)7-12(10)19/h3-9H,1-2H3,(H,21,22). The number of anilines is 1. The lowest BCUT2D eigenvalue weighted by Crippen LogP contribution is -2.09. The summed E-state index contributed by atoms with van der Waals surface area (Å²) in [7, 11) is 2.97. The molecule has 7 heteroatoms. The molecule has 0 radical (unpaired) electrons. The van der Waals surface area contributed by atoms with Crippen LogP contribution in [0.3, 0.4) is 0 Å². The first kappa shape index (κ1) is 18.5. The number of hydrogen-bond donors (Lipinski definition) is 1. The molecule has 126 valence electrons. The topological polar surface area (TPSA) is 47.6 Å². The number of hydrogen-bond acceptors (Lipinski definition) is 3. The first-order valence-electron chi connectivity index (χ1n) is 6.80. The van der Waals surface area contributed by atoms with E-state index in [1.807, 2.05) is 0 Å². The minimum absolute atomic E-state index is 0.358. The van der Waals surface area contributed by atoms with Crippen molar-refractivity contribution in [3.8, 4) is 11.5 Å². The van der Waals surface area contributed by atoms with E-state index in [1.54, 1.807) is 36.4 Å². The van der Waals surface area contributed by atoms with Gasteiger partial charge in [-0.2, -0.15) is 0 Å². The Balaban J connectivity index is 2.18. The van der Waals surface area contributed by atoms with Gasteiger partial charge in [0.05, 0.1) is 24.9 Å². The van der Waals surface area contributed by atoms with E-state index in [9.17, 15) is 4.79 Å². The summed E-state index contributed by atoms with van der Waals surface area (Å²) in [6.45, 7) is 0. The van der Waals surface area contributed by atoms with Crippen LogP contribution >= 0.6 is 34.8 Å². The summed E-state index contributed by atoms with van der Waals surface area (Å²) in [6, 6.07) is 8.17. The van der Waals surface area contributed by atoms with Gasteiger partial charge in [-0.3, -0.25) is 4.79 Å². The molecule has 2 rings (SSSR count). The molecule has 0 aliphatic heterocycles. The number of carbonyl (C=O) groups is 1. The van der Waals surface area contributed by atoms with Gasteiger partial charge in [0, 0.05) is 28.3 Å². The zero-order valence-corrected chi connectivity index (χ0v) is 15.2. The fourth-order valence-electron chi connectivity index (χ4n) is 1.93. The Bertz CT molecular complexity index is 791. The monoisotopic (exact) mass is 385 g/mol. The van der Waals surface area contributed by atoms with Crippen LogP contribution in [0.5, 0.6) is 11.5 Å². The normalized spacial score (nSPS) is 10.7. The highest BCUT2D eigenvalue weighted by molar-refractivity contribution is 6.35. The lowest BCUT2D eigenvalue weighted by molar-refractivity contribution is -0.111. The molecule has 0 unspecified atom stereocenters. The average molecular weight is 387 g/mol. The zero-order valence-electron chi connectivity index (χ0n) is 12.9. The molecule has 0 aliphatic rings. The molecule has 0 saturated carbocycles. The Kier molecular flexibility index (Phi) is 6.37. The van der Waals surface area contributed by atoms with Gasteiger partial charge in [-0.05, 0) is 23.8 Å². The van der Waals surface area contributed by atoms with Crippen LogP contribution < -0.4 is 14.8 Å². The molecule has 0 spiro atoms. The van der Waals surface area contributed by atoms with Crippen LogP contribution in [0, 0.1) is 0 Å². The number of halogens is 3. The van der Waals surface area contributed by atoms with Crippen molar-refractivity contribution in [1.82, 2.24) is 0 Å². The quantitative estimate of drug-likeness (QED) is 0.708. The van der Waals surface area contributed by atoms with Crippen molar-refractivity contribution in [3.63, 3.8) is 0 Å². The minimum Gasteiger partial charge on any atom is -0.495 e. The third-order valence-electron chi connectivity index (χ3n) is 3.11. The lowest BCUT2D eigenvalue weighted by Gasteiger charge is -2.12. The van der Waals surface area contributed by atoms with Crippen molar-refractivity contribution in [2.45, 2.75) is 0 Å². The van der Waals surface area contributed by atoms with Crippen LogP contribution in [0.4, 0.5) is 5.69 Å².